The summed E-state index contributed by atoms with van der Waals surface area (Å²) < 4.78 is 1.99. The van der Waals surface area contributed by atoms with Crippen LogP contribution in [0.15, 0.2) is 48.5 Å². The molecule has 148 valence electrons. The van der Waals surface area contributed by atoms with Gasteiger partial charge in [0.1, 0.15) is 5.82 Å². The maximum Gasteiger partial charge on any atom is 0.335 e. The summed E-state index contributed by atoms with van der Waals surface area (Å²) in [7, 11) is 0. The Bertz CT molecular complexity index is 1110. The number of aromatic nitrogens is 2. The first kappa shape index (κ1) is 18.9. The topological polar surface area (TPSA) is 81.5 Å². The molecule has 4 rings (SSSR count). The van der Waals surface area contributed by atoms with Crippen LogP contribution in [0.3, 0.4) is 0 Å². The molecule has 0 spiro atoms. The highest BCUT2D eigenvalue weighted by atomic mass is 16.7. The van der Waals surface area contributed by atoms with Crippen LogP contribution < -0.4 is 0 Å². The van der Waals surface area contributed by atoms with Crippen LogP contribution in [0.1, 0.15) is 53.7 Å². The summed E-state index contributed by atoms with van der Waals surface area (Å²) >= 11 is 0. The lowest BCUT2D eigenvalue weighted by Crippen LogP contribution is -2.33. The van der Waals surface area contributed by atoms with Crippen molar-refractivity contribution in [2.45, 2.75) is 39.2 Å². The Morgan fingerprint density at radius 2 is 1.55 bits per heavy atom. The molecule has 1 aromatic heterocycles. The van der Waals surface area contributed by atoms with Crippen LogP contribution in [0.2, 0.25) is 0 Å². The summed E-state index contributed by atoms with van der Waals surface area (Å²) in [5, 5.41) is 0.545. The molecule has 0 aliphatic carbocycles. The van der Waals surface area contributed by atoms with E-state index in [0.29, 0.717) is 11.6 Å². The normalized spacial score (nSPS) is 13.8. The molecule has 0 radical (unpaired) electrons. The third-order valence-corrected chi connectivity index (χ3v) is 4.81. The number of hydrogen-bond acceptors (Lipinski definition) is 5. The molecule has 2 heterocycles. The Hall–Kier alpha value is -3.48. The Morgan fingerprint density at radius 1 is 0.966 bits per heavy atom. The van der Waals surface area contributed by atoms with Gasteiger partial charge in [0, 0.05) is 12.0 Å². The van der Waals surface area contributed by atoms with E-state index >= 15 is 0 Å². The summed E-state index contributed by atoms with van der Waals surface area (Å²) in [6.07, 6.45) is -0.00314. The second-order valence-corrected chi connectivity index (χ2v) is 7.99. The summed E-state index contributed by atoms with van der Waals surface area (Å²) in [6, 6.07) is 14.1. The van der Waals surface area contributed by atoms with E-state index < -0.39 is 17.8 Å². The molecule has 7 nitrogen and oxygen atoms in total. The SMILES string of the molecule is CC(C)(C)c1nc2ccccc2n1CCC(=O)ON1C(=O)c2ccccc2C1=O. The molecule has 7 heteroatoms. The standard InChI is InChI=1S/C22H21N3O4/c1-22(2,3)21-23-16-10-6-7-11-17(16)24(21)13-12-18(26)29-25-19(27)14-8-4-5-9-15(14)20(25)28/h4-11H,12-13H2,1-3H3. The number of aryl methyl sites for hydroxylation is 1. The van der Waals surface area contributed by atoms with Gasteiger partial charge in [0.05, 0.1) is 28.6 Å². The van der Waals surface area contributed by atoms with Gasteiger partial charge in [0.15, 0.2) is 0 Å². The van der Waals surface area contributed by atoms with Crippen LogP contribution in [0.25, 0.3) is 11.0 Å². The quantitative estimate of drug-likeness (QED) is 0.636. The third kappa shape index (κ3) is 3.29. The van der Waals surface area contributed by atoms with Gasteiger partial charge < -0.3 is 9.40 Å². The lowest BCUT2D eigenvalue weighted by Gasteiger charge is -2.20. The van der Waals surface area contributed by atoms with E-state index in [9.17, 15) is 14.4 Å². The molecule has 0 atom stereocenters. The van der Waals surface area contributed by atoms with Crippen LogP contribution in [0.5, 0.6) is 0 Å². The first-order chi connectivity index (χ1) is 13.8. The van der Waals surface area contributed by atoms with Crippen molar-refractivity contribution in [3.05, 3.63) is 65.5 Å². The minimum Gasteiger partial charge on any atom is -0.330 e. The number of fused-ring (bicyclic) bond motifs is 2. The molecule has 2 amide bonds. The van der Waals surface area contributed by atoms with Crippen molar-refractivity contribution >= 4 is 28.8 Å². The average Bonchev–Trinajstić information content (AvgIpc) is 3.18. The van der Waals surface area contributed by atoms with Crippen LogP contribution in [0.4, 0.5) is 0 Å². The van der Waals surface area contributed by atoms with E-state index in [-0.39, 0.29) is 23.0 Å². The first-order valence-electron chi connectivity index (χ1n) is 9.42. The highest BCUT2D eigenvalue weighted by Crippen LogP contribution is 2.27. The zero-order valence-electron chi connectivity index (χ0n) is 16.5. The number of amides is 2. The van der Waals surface area contributed by atoms with Crippen molar-refractivity contribution in [3.63, 3.8) is 0 Å². The highest BCUT2D eigenvalue weighted by molar-refractivity contribution is 6.20. The largest absolute Gasteiger partial charge is 0.335 e. The molecule has 0 fully saturated rings. The van der Waals surface area contributed by atoms with Gasteiger partial charge in [-0.1, -0.05) is 50.1 Å². The Balaban J connectivity index is 1.51. The number of imidazole rings is 1. The Kier molecular flexibility index (Phi) is 4.45. The Morgan fingerprint density at radius 3 is 2.17 bits per heavy atom. The minimum absolute atomic E-state index is 0.00314. The van der Waals surface area contributed by atoms with Gasteiger partial charge in [-0.2, -0.15) is 0 Å². The van der Waals surface area contributed by atoms with Gasteiger partial charge in [-0.15, -0.1) is 0 Å². The molecule has 0 N–H and O–H groups in total. The predicted octanol–water partition coefficient (Wildman–Crippen LogP) is 3.48. The van der Waals surface area contributed by atoms with Crippen molar-refractivity contribution in [3.8, 4) is 0 Å². The lowest BCUT2D eigenvalue weighted by atomic mass is 9.95. The summed E-state index contributed by atoms with van der Waals surface area (Å²) in [5.41, 5.74) is 2.03. The second-order valence-electron chi connectivity index (χ2n) is 7.99. The van der Waals surface area contributed by atoms with Gasteiger partial charge in [-0.3, -0.25) is 9.59 Å². The molecule has 0 unspecified atom stereocenters. The van der Waals surface area contributed by atoms with Gasteiger partial charge >= 0.3 is 5.97 Å². The van der Waals surface area contributed by atoms with Crippen molar-refractivity contribution in [2.75, 3.05) is 0 Å². The number of carbonyl (C=O) groups excluding carboxylic acids is 3. The van der Waals surface area contributed by atoms with E-state index in [0.717, 1.165) is 16.9 Å². The third-order valence-electron chi connectivity index (χ3n) is 4.81. The average molecular weight is 391 g/mol. The summed E-state index contributed by atoms with van der Waals surface area (Å²) in [5.74, 6) is -1.05. The van der Waals surface area contributed by atoms with Crippen molar-refractivity contribution in [1.82, 2.24) is 14.6 Å². The van der Waals surface area contributed by atoms with E-state index in [1.54, 1.807) is 12.1 Å². The first-order valence-corrected chi connectivity index (χ1v) is 9.42. The minimum atomic E-state index is -0.655. The van der Waals surface area contributed by atoms with Crippen molar-refractivity contribution in [1.29, 1.82) is 0 Å². The summed E-state index contributed by atoms with van der Waals surface area (Å²) in [6.45, 7) is 6.50. The Labute approximate surface area is 167 Å². The smallest absolute Gasteiger partial charge is 0.330 e. The van der Waals surface area contributed by atoms with Crippen molar-refractivity contribution in [2.24, 2.45) is 0 Å². The lowest BCUT2D eigenvalue weighted by molar-refractivity contribution is -0.168. The molecule has 1 aliphatic heterocycles. The maximum atomic E-state index is 12.4. The number of benzene rings is 2. The van der Waals surface area contributed by atoms with E-state index in [2.05, 4.69) is 20.8 Å². The zero-order valence-corrected chi connectivity index (χ0v) is 16.5. The number of rotatable bonds is 4. The van der Waals surface area contributed by atoms with E-state index in [1.165, 1.54) is 12.1 Å². The molecule has 29 heavy (non-hydrogen) atoms. The molecule has 2 aromatic carbocycles. The van der Waals surface area contributed by atoms with Gasteiger partial charge in [0.25, 0.3) is 11.8 Å². The molecule has 1 aliphatic rings. The molecule has 0 bridgehead atoms. The fourth-order valence-electron chi connectivity index (χ4n) is 3.48. The maximum absolute atomic E-state index is 12.4. The van der Waals surface area contributed by atoms with Gasteiger partial charge in [-0.25, -0.2) is 9.78 Å². The van der Waals surface area contributed by atoms with Gasteiger partial charge in [-0.05, 0) is 24.3 Å². The molecule has 0 saturated carbocycles. The van der Waals surface area contributed by atoms with Crippen LogP contribution in [-0.4, -0.2) is 32.4 Å². The predicted molar refractivity (Wildman–Crippen MR) is 106 cm³/mol. The molecular formula is C22H21N3O4. The van der Waals surface area contributed by atoms with Crippen LogP contribution in [0, 0.1) is 0 Å². The number of para-hydroxylation sites is 2. The monoisotopic (exact) mass is 391 g/mol. The van der Waals surface area contributed by atoms with Gasteiger partial charge in [0.2, 0.25) is 0 Å². The number of nitrogens with zero attached hydrogens (tertiary/aromatic N) is 3. The van der Waals surface area contributed by atoms with Crippen LogP contribution in [-0.2, 0) is 21.6 Å². The van der Waals surface area contributed by atoms with E-state index in [4.69, 9.17) is 9.82 Å². The number of imide groups is 1. The summed E-state index contributed by atoms with van der Waals surface area (Å²) in [4.78, 5) is 47.0. The van der Waals surface area contributed by atoms with E-state index in [1.807, 2.05) is 28.8 Å². The highest BCUT2D eigenvalue weighted by Gasteiger charge is 2.38. The molecular weight excluding hydrogens is 370 g/mol. The second kappa shape index (κ2) is 6.84. The zero-order chi connectivity index (χ0) is 20.8. The number of hydroxylamine groups is 2. The number of carbonyl (C=O) groups is 3. The fraction of sp³-hybridized carbons (Fsp3) is 0.273. The van der Waals surface area contributed by atoms with Crippen LogP contribution >= 0.6 is 0 Å². The molecule has 0 saturated heterocycles. The number of hydrogen-bond donors (Lipinski definition) is 0. The van der Waals surface area contributed by atoms with Crippen molar-refractivity contribution < 1.29 is 19.2 Å². The molecule has 3 aromatic rings. The fourth-order valence-corrected chi connectivity index (χ4v) is 3.48.